The molecule has 1 saturated heterocycles. The summed E-state index contributed by atoms with van der Waals surface area (Å²) < 4.78 is 5.99. The van der Waals surface area contributed by atoms with Gasteiger partial charge < -0.3 is 9.84 Å². The zero-order valence-corrected chi connectivity index (χ0v) is 21.4. The van der Waals surface area contributed by atoms with Crippen molar-refractivity contribution in [3.05, 3.63) is 58.0 Å². The van der Waals surface area contributed by atoms with Gasteiger partial charge in [-0.2, -0.15) is 0 Å². The van der Waals surface area contributed by atoms with Crippen LogP contribution in [0.4, 0.5) is 5.69 Å². The van der Waals surface area contributed by atoms with Crippen LogP contribution < -0.4 is 9.64 Å². The molecular formula is C26H31NO3S2. The van der Waals surface area contributed by atoms with E-state index in [2.05, 4.69) is 41.5 Å². The predicted molar refractivity (Wildman–Crippen MR) is 139 cm³/mol. The molecule has 0 aromatic heterocycles. The number of thioether (sulfide) groups is 1. The number of thiocarbonyl (C=S) groups is 1. The van der Waals surface area contributed by atoms with E-state index in [4.69, 9.17) is 17.0 Å². The van der Waals surface area contributed by atoms with E-state index in [9.17, 15) is 9.90 Å². The second kappa shape index (κ2) is 8.91. The molecule has 0 spiro atoms. The molecule has 0 bridgehead atoms. The topological polar surface area (TPSA) is 49.8 Å². The minimum atomic E-state index is -0.241. The third-order valence-corrected chi connectivity index (χ3v) is 6.55. The number of hydrogen-bond acceptors (Lipinski definition) is 5. The summed E-state index contributed by atoms with van der Waals surface area (Å²) in [6, 6.07) is 11.3. The zero-order valence-electron chi connectivity index (χ0n) is 19.8. The fraction of sp³-hybridized carbons (Fsp3) is 0.385. The van der Waals surface area contributed by atoms with Crippen molar-refractivity contribution in [2.45, 2.75) is 59.3 Å². The molecule has 1 amide bonds. The zero-order chi connectivity index (χ0) is 23.8. The van der Waals surface area contributed by atoms with Crippen LogP contribution in [0.25, 0.3) is 6.08 Å². The lowest BCUT2D eigenvalue weighted by Crippen LogP contribution is -2.27. The van der Waals surface area contributed by atoms with E-state index >= 15 is 0 Å². The minimum Gasteiger partial charge on any atom is -0.507 e. The molecule has 1 heterocycles. The van der Waals surface area contributed by atoms with Crippen LogP contribution in [-0.2, 0) is 15.6 Å². The quantitative estimate of drug-likeness (QED) is 0.394. The number of rotatable bonds is 4. The Morgan fingerprint density at radius 2 is 1.56 bits per heavy atom. The van der Waals surface area contributed by atoms with Gasteiger partial charge in [0.15, 0.2) is 4.32 Å². The number of anilines is 1. The van der Waals surface area contributed by atoms with E-state index in [1.54, 1.807) is 4.90 Å². The Morgan fingerprint density at radius 3 is 2.03 bits per heavy atom. The average molecular weight is 470 g/mol. The molecule has 1 N–H and O–H groups in total. The van der Waals surface area contributed by atoms with Crippen LogP contribution in [-0.4, -0.2) is 21.9 Å². The highest BCUT2D eigenvalue weighted by Crippen LogP contribution is 2.42. The molecule has 1 fully saturated rings. The third-order valence-electron chi connectivity index (χ3n) is 5.25. The van der Waals surface area contributed by atoms with Crippen LogP contribution in [0.1, 0.15) is 65.2 Å². The number of benzene rings is 2. The molecule has 2 aromatic rings. The van der Waals surface area contributed by atoms with Crippen LogP contribution in [0.2, 0.25) is 0 Å². The van der Waals surface area contributed by atoms with Crippen molar-refractivity contribution in [2.24, 2.45) is 0 Å². The fourth-order valence-corrected chi connectivity index (χ4v) is 4.88. The van der Waals surface area contributed by atoms with E-state index in [1.807, 2.05) is 49.4 Å². The average Bonchev–Trinajstić information content (AvgIpc) is 2.95. The molecule has 1 aliphatic rings. The molecule has 2 aromatic carbocycles. The Hall–Kier alpha value is -2.31. The number of carbonyl (C=O) groups excluding carboxylic acids is 1. The van der Waals surface area contributed by atoms with Gasteiger partial charge in [-0.25, -0.2) is 0 Å². The second-order valence-electron chi connectivity index (χ2n) is 9.91. The number of amides is 1. The molecule has 3 rings (SSSR count). The lowest BCUT2D eigenvalue weighted by molar-refractivity contribution is -0.113. The van der Waals surface area contributed by atoms with Gasteiger partial charge in [-0.3, -0.25) is 9.69 Å². The molecule has 0 atom stereocenters. The first kappa shape index (κ1) is 24.3. The van der Waals surface area contributed by atoms with Gasteiger partial charge >= 0.3 is 0 Å². The van der Waals surface area contributed by atoms with Crippen molar-refractivity contribution >= 4 is 46.0 Å². The van der Waals surface area contributed by atoms with Gasteiger partial charge in [-0.05, 0) is 65.8 Å². The van der Waals surface area contributed by atoms with Gasteiger partial charge in [-0.1, -0.05) is 65.5 Å². The Morgan fingerprint density at radius 1 is 1.03 bits per heavy atom. The molecule has 0 saturated carbocycles. The number of hydrogen-bond donors (Lipinski definition) is 1. The summed E-state index contributed by atoms with van der Waals surface area (Å²) in [6.45, 7) is 15.0. The lowest BCUT2D eigenvalue weighted by atomic mass is 9.78. The molecule has 32 heavy (non-hydrogen) atoms. The van der Waals surface area contributed by atoms with Crippen LogP contribution in [0, 0.1) is 0 Å². The van der Waals surface area contributed by atoms with Crippen molar-refractivity contribution in [2.75, 3.05) is 11.5 Å². The van der Waals surface area contributed by atoms with E-state index in [-0.39, 0.29) is 16.7 Å². The summed E-state index contributed by atoms with van der Waals surface area (Å²) in [7, 11) is 0. The monoisotopic (exact) mass is 469 g/mol. The van der Waals surface area contributed by atoms with Crippen LogP contribution in [0.15, 0.2) is 41.3 Å². The first-order valence-corrected chi connectivity index (χ1v) is 11.9. The Labute approximate surface area is 200 Å². The molecule has 170 valence electrons. The summed E-state index contributed by atoms with van der Waals surface area (Å²) >= 11 is 6.82. The van der Waals surface area contributed by atoms with Crippen molar-refractivity contribution in [1.82, 2.24) is 0 Å². The number of phenolic OH excluding ortho intramolecular Hbond substituents is 1. The number of aromatic hydroxyl groups is 1. The highest BCUT2D eigenvalue weighted by molar-refractivity contribution is 8.27. The molecule has 0 unspecified atom stereocenters. The molecular weight excluding hydrogens is 438 g/mol. The Kier molecular flexibility index (Phi) is 6.78. The molecule has 6 heteroatoms. The maximum atomic E-state index is 13.2. The van der Waals surface area contributed by atoms with E-state index in [0.29, 0.717) is 21.6 Å². The van der Waals surface area contributed by atoms with Gasteiger partial charge in [0, 0.05) is 11.1 Å². The largest absolute Gasteiger partial charge is 0.507 e. The highest BCUT2D eigenvalue weighted by atomic mass is 32.2. The summed E-state index contributed by atoms with van der Waals surface area (Å²) in [6.07, 6.45) is 1.87. The molecule has 0 aliphatic carbocycles. The minimum absolute atomic E-state index is 0.146. The van der Waals surface area contributed by atoms with Gasteiger partial charge in [0.25, 0.3) is 5.91 Å². The second-order valence-corrected chi connectivity index (χ2v) is 11.6. The third kappa shape index (κ3) is 5.02. The Bertz CT molecular complexity index is 1040. The number of ether oxygens (including phenoxy) is 1. The number of phenols is 1. The van der Waals surface area contributed by atoms with Crippen molar-refractivity contribution in [3.8, 4) is 11.5 Å². The summed E-state index contributed by atoms with van der Waals surface area (Å²) in [5, 5.41) is 11.0. The number of carbonyl (C=O) groups is 1. The predicted octanol–water partition coefficient (Wildman–Crippen LogP) is 6.79. The van der Waals surface area contributed by atoms with Crippen molar-refractivity contribution < 1.29 is 14.6 Å². The van der Waals surface area contributed by atoms with Crippen molar-refractivity contribution in [1.29, 1.82) is 0 Å². The van der Waals surface area contributed by atoms with Crippen molar-refractivity contribution in [3.63, 3.8) is 0 Å². The summed E-state index contributed by atoms with van der Waals surface area (Å²) in [4.78, 5) is 15.3. The van der Waals surface area contributed by atoms with Gasteiger partial charge in [0.2, 0.25) is 0 Å². The Balaban J connectivity index is 2.01. The SMILES string of the molecule is CCOc1ccc(N2C(=O)/C(=C/c3cc(C(C)(C)C)c(O)c(C(C)(C)C)c3)SC2=S)cc1. The maximum Gasteiger partial charge on any atom is 0.270 e. The fourth-order valence-electron chi connectivity index (χ4n) is 3.58. The first-order valence-electron chi connectivity index (χ1n) is 10.7. The van der Waals surface area contributed by atoms with Gasteiger partial charge in [-0.15, -0.1) is 0 Å². The van der Waals surface area contributed by atoms with Crippen LogP contribution in [0.3, 0.4) is 0 Å². The van der Waals surface area contributed by atoms with E-state index in [0.717, 1.165) is 28.1 Å². The molecule has 1 aliphatic heterocycles. The summed E-state index contributed by atoms with van der Waals surface area (Å²) in [5.74, 6) is 0.932. The van der Waals surface area contributed by atoms with E-state index < -0.39 is 0 Å². The van der Waals surface area contributed by atoms with Crippen LogP contribution >= 0.6 is 24.0 Å². The first-order chi connectivity index (χ1) is 14.8. The van der Waals surface area contributed by atoms with Gasteiger partial charge in [0.1, 0.15) is 11.5 Å². The highest BCUT2D eigenvalue weighted by Gasteiger charge is 2.34. The van der Waals surface area contributed by atoms with E-state index in [1.165, 1.54) is 11.8 Å². The van der Waals surface area contributed by atoms with Gasteiger partial charge in [0.05, 0.1) is 17.2 Å². The number of nitrogens with zero attached hydrogens (tertiary/aromatic N) is 1. The smallest absolute Gasteiger partial charge is 0.270 e. The standard InChI is InChI=1S/C26H31NO3S2/c1-8-30-18-11-9-17(10-12-18)27-23(29)21(32-24(27)31)15-16-13-19(25(2,3)4)22(28)20(14-16)26(5,6)7/h9-15,28H,8H2,1-7H3/b21-15-. The normalized spacial score (nSPS) is 16.2. The maximum absolute atomic E-state index is 13.2. The van der Waals surface area contributed by atoms with Crippen LogP contribution in [0.5, 0.6) is 11.5 Å². The molecule has 4 nitrogen and oxygen atoms in total. The lowest BCUT2D eigenvalue weighted by Gasteiger charge is -2.28. The molecule has 0 radical (unpaired) electrons. The summed E-state index contributed by atoms with van der Waals surface area (Å²) in [5.41, 5.74) is 2.83.